The topological polar surface area (TPSA) is 59.2 Å². The SMILES string of the molecule is Cc1ccc(F)c(-c2nc(C(C)O)no2)c1. The van der Waals surface area contributed by atoms with E-state index in [0.29, 0.717) is 0 Å². The van der Waals surface area contributed by atoms with Crippen LogP contribution in [0.5, 0.6) is 0 Å². The van der Waals surface area contributed by atoms with Crippen molar-refractivity contribution >= 4 is 0 Å². The van der Waals surface area contributed by atoms with Crippen LogP contribution in [0.3, 0.4) is 0 Å². The third-order valence-electron chi connectivity index (χ3n) is 2.17. The molecule has 1 aromatic heterocycles. The molecule has 0 aliphatic carbocycles. The normalized spacial score (nSPS) is 12.8. The monoisotopic (exact) mass is 222 g/mol. The Morgan fingerprint density at radius 2 is 2.19 bits per heavy atom. The molecule has 0 radical (unpaired) electrons. The summed E-state index contributed by atoms with van der Waals surface area (Å²) in [5.74, 6) is -0.195. The molecule has 1 aromatic carbocycles. The van der Waals surface area contributed by atoms with Gasteiger partial charge in [-0.15, -0.1) is 0 Å². The smallest absolute Gasteiger partial charge is 0.261 e. The van der Waals surface area contributed by atoms with Gasteiger partial charge in [-0.1, -0.05) is 16.8 Å². The molecule has 5 heteroatoms. The van der Waals surface area contributed by atoms with Crippen LogP contribution < -0.4 is 0 Å². The second-order valence-corrected chi connectivity index (χ2v) is 3.62. The fourth-order valence-electron chi connectivity index (χ4n) is 1.32. The molecule has 0 aliphatic heterocycles. The van der Waals surface area contributed by atoms with Crippen molar-refractivity contribution < 1.29 is 14.0 Å². The van der Waals surface area contributed by atoms with Gasteiger partial charge in [-0.3, -0.25) is 0 Å². The third kappa shape index (κ3) is 1.94. The summed E-state index contributed by atoms with van der Waals surface area (Å²) in [5, 5.41) is 12.8. The van der Waals surface area contributed by atoms with Gasteiger partial charge in [0.05, 0.1) is 5.56 Å². The predicted octanol–water partition coefficient (Wildman–Crippen LogP) is 2.24. The van der Waals surface area contributed by atoms with Gasteiger partial charge < -0.3 is 9.63 Å². The second kappa shape index (κ2) is 4.02. The van der Waals surface area contributed by atoms with E-state index in [1.807, 2.05) is 6.92 Å². The van der Waals surface area contributed by atoms with E-state index in [4.69, 9.17) is 4.52 Å². The van der Waals surface area contributed by atoms with Gasteiger partial charge in [0.1, 0.15) is 11.9 Å². The maximum absolute atomic E-state index is 13.5. The number of benzene rings is 1. The number of aliphatic hydroxyl groups excluding tert-OH is 1. The third-order valence-corrected chi connectivity index (χ3v) is 2.17. The Balaban J connectivity index is 2.46. The lowest BCUT2D eigenvalue weighted by Gasteiger charge is -1.98. The van der Waals surface area contributed by atoms with Crippen molar-refractivity contribution in [2.75, 3.05) is 0 Å². The predicted molar refractivity (Wildman–Crippen MR) is 55.1 cm³/mol. The quantitative estimate of drug-likeness (QED) is 0.846. The molecule has 0 bridgehead atoms. The van der Waals surface area contributed by atoms with Gasteiger partial charge in [0, 0.05) is 0 Å². The minimum absolute atomic E-state index is 0.0806. The molecule has 0 aliphatic rings. The van der Waals surface area contributed by atoms with Crippen molar-refractivity contribution in [1.82, 2.24) is 10.1 Å². The van der Waals surface area contributed by atoms with Crippen LogP contribution in [-0.4, -0.2) is 15.2 Å². The first-order chi connectivity index (χ1) is 7.58. The van der Waals surface area contributed by atoms with Crippen molar-refractivity contribution in [2.24, 2.45) is 0 Å². The largest absolute Gasteiger partial charge is 0.385 e. The Bertz CT molecular complexity index is 508. The number of aryl methyl sites for hydroxylation is 1. The molecule has 1 atom stereocenters. The lowest BCUT2D eigenvalue weighted by molar-refractivity contribution is 0.184. The molecule has 2 aromatic rings. The maximum Gasteiger partial charge on any atom is 0.261 e. The lowest BCUT2D eigenvalue weighted by atomic mass is 10.1. The minimum atomic E-state index is -0.828. The molecule has 0 amide bonds. The van der Waals surface area contributed by atoms with Crippen LogP contribution in [0.2, 0.25) is 0 Å². The van der Waals surface area contributed by atoms with Crippen molar-refractivity contribution in [3.8, 4) is 11.5 Å². The first kappa shape index (κ1) is 10.8. The second-order valence-electron chi connectivity index (χ2n) is 3.62. The molecule has 1 N–H and O–H groups in total. The summed E-state index contributed by atoms with van der Waals surface area (Å²) < 4.78 is 18.4. The first-order valence-corrected chi connectivity index (χ1v) is 4.86. The van der Waals surface area contributed by atoms with Gasteiger partial charge in [0.2, 0.25) is 0 Å². The van der Waals surface area contributed by atoms with Crippen molar-refractivity contribution in [2.45, 2.75) is 20.0 Å². The highest BCUT2D eigenvalue weighted by atomic mass is 19.1. The zero-order valence-electron chi connectivity index (χ0n) is 8.94. The number of halogens is 1. The fourth-order valence-corrected chi connectivity index (χ4v) is 1.32. The number of aromatic nitrogens is 2. The fraction of sp³-hybridized carbons (Fsp3) is 0.273. The van der Waals surface area contributed by atoms with E-state index in [-0.39, 0.29) is 17.3 Å². The van der Waals surface area contributed by atoms with Gasteiger partial charge in [0.15, 0.2) is 5.82 Å². The highest BCUT2D eigenvalue weighted by molar-refractivity contribution is 5.55. The Morgan fingerprint density at radius 3 is 2.81 bits per heavy atom. The number of nitrogens with zero attached hydrogens (tertiary/aromatic N) is 2. The maximum atomic E-state index is 13.5. The molecule has 0 saturated heterocycles. The Kier molecular flexibility index (Phi) is 2.70. The summed E-state index contributed by atoms with van der Waals surface area (Å²) in [6, 6.07) is 4.62. The Morgan fingerprint density at radius 1 is 1.44 bits per heavy atom. The molecule has 16 heavy (non-hydrogen) atoms. The lowest BCUT2D eigenvalue weighted by Crippen LogP contribution is -1.93. The highest BCUT2D eigenvalue weighted by Gasteiger charge is 2.15. The summed E-state index contributed by atoms with van der Waals surface area (Å²) in [6.07, 6.45) is -0.828. The van der Waals surface area contributed by atoms with Crippen LogP contribution in [0.1, 0.15) is 24.4 Å². The van der Waals surface area contributed by atoms with Crippen LogP contribution in [0.15, 0.2) is 22.7 Å². The number of hydrogen-bond acceptors (Lipinski definition) is 4. The molecular formula is C11H11FN2O2. The van der Waals surface area contributed by atoms with Gasteiger partial charge in [-0.2, -0.15) is 4.98 Å². The molecule has 0 fully saturated rings. The minimum Gasteiger partial charge on any atom is -0.385 e. The summed E-state index contributed by atoms with van der Waals surface area (Å²) in [7, 11) is 0. The van der Waals surface area contributed by atoms with E-state index in [2.05, 4.69) is 10.1 Å². The standard InChI is InChI=1S/C11H11FN2O2/c1-6-3-4-9(12)8(5-6)11-13-10(7(2)15)14-16-11/h3-5,7,15H,1-2H3. The van der Waals surface area contributed by atoms with Crippen LogP contribution >= 0.6 is 0 Å². The van der Waals surface area contributed by atoms with Crippen LogP contribution in [0, 0.1) is 12.7 Å². The summed E-state index contributed by atoms with van der Waals surface area (Å²) in [5.41, 5.74) is 1.15. The number of rotatable bonds is 2. The highest BCUT2D eigenvalue weighted by Crippen LogP contribution is 2.23. The molecular weight excluding hydrogens is 211 g/mol. The molecule has 2 rings (SSSR count). The van der Waals surface area contributed by atoms with Crippen molar-refractivity contribution in [3.63, 3.8) is 0 Å². The molecule has 0 saturated carbocycles. The van der Waals surface area contributed by atoms with Crippen molar-refractivity contribution in [3.05, 3.63) is 35.4 Å². The Hall–Kier alpha value is -1.75. The van der Waals surface area contributed by atoms with Crippen LogP contribution in [0.25, 0.3) is 11.5 Å². The summed E-state index contributed by atoms with van der Waals surface area (Å²) in [6.45, 7) is 3.36. The van der Waals surface area contributed by atoms with Crippen LogP contribution in [0.4, 0.5) is 4.39 Å². The first-order valence-electron chi connectivity index (χ1n) is 4.86. The van der Waals surface area contributed by atoms with Gasteiger partial charge >= 0.3 is 0 Å². The van der Waals surface area contributed by atoms with E-state index < -0.39 is 11.9 Å². The molecule has 1 heterocycles. The van der Waals surface area contributed by atoms with Crippen LogP contribution in [-0.2, 0) is 0 Å². The number of aliphatic hydroxyl groups is 1. The van der Waals surface area contributed by atoms with E-state index in [1.54, 1.807) is 12.1 Å². The average Bonchev–Trinajstić information content (AvgIpc) is 2.70. The zero-order valence-corrected chi connectivity index (χ0v) is 8.94. The van der Waals surface area contributed by atoms with E-state index in [9.17, 15) is 9.50 Å². The van der Waals surface area contributed by atoms with E-state index >= 15 is 0 Å². The summed E-state index contributed by atoms with van der Waals surface area (Å²) >= 11 is 0. The van der Waals surface area contributed by atoms with Gasteiger partial charge in [-0.25, -0.2) is 4.39 Å². The average molecular weight is 222 g/mol. The summed E-state index contributed by atoms with van der Waals surface area (Å²) in [4.78, 5) is 3.91. The molecule has 4 nitrogen and oxygen atoms in total. The van der Waals surface area contributed by atoms with Crippen molar-refractivity contribution in [1.29, 1.82) is 0 Å². The Labute approximate surface area is 91.7 Å². The van der Waals surface area contributed by atoms with E-state index in [0.717, 1.165) is 5.56 Å². The molecule has 84 valence electrons. The van der Waals surface area contributed by atoms with Gasteiger partial charge in [-0.05, 0) is 26.0 Å². The molecule has 0 spiro atoms. The van der Waals surface area contributed by atoms with E-state index in [1.165, 1.54) is 13.0 Å². The number of hydrogen-bond donors (Lipinski definition) is 1. The zero-order chi connectivity index (χ0) is 11.7. The molecule has 1 unspecified atom stereocenters. The van der Waals surface area contributed by atoms with Gasteiger partial charge in [0.25, 0.3) is 5.89 Å².